The van der Waals surface area contributed by atoms with Gasteiger partial charge >= 0.3 is 0 Å². The molecule has 0 aliphatic carbocycles. The maximum atomic E-state index is 5.71. The third kappa shape index (κ3) is 4.42. The molecule has 2 aromatic rings. The van der Waals surface area contributed by atoms with E-state index in [0.717, 1.165) is 70.2 Å². The quantitative estimate of drug-likeness (QED) is 0.838. The highest BCUT2D eigenvalue weighted by Crippen LogP contribution is 2.25. The predicted octanol–water partition coefficient (Wildman–Crippen LogP) is 2.65. The molecule has 1 aromatic heterocycles. The number of rotatable bonds is 5. The summed E-state index contributed by atoms with van der Waals surface area (Å²) in [6.45, 7) is 7.18. The van der Waals surface area contributed by atoms with Gasteiger partial charge < -0.3 is 4.74 Å². The molecule has 2 aliphatic heterocycles. The monoisotopic (exact) mass is 338 g/mol. The van der Waals surface area contributed by atoms with Gasteiger partial charge in [-0.15, -0.1) is 0 Å². The van der Waals surface area contributed by atoms with Crippen molar-refractivity contribution in [3.8, 4) is 0 Å². The smallest absolute Gasteiger partial charge is 0.157 e. The molecule has 5 nitrogen and oxygen atoms in total. The Hall–Kier alpha value is -1.82. The highest BCUT2D eigenvalue weighted by molar-refractivity contribution is 5.14. The minimum atomic E-state index is 0.0997. The first-order valence-corrected chi connectivity index (χ1v) is 9.29. The van der Waals surface area contributed by atoms with Crippen LogP contribution < -0.4 is 0 Å². The fraction of sp³-hybridized carbons (Fsp3) is 0.500. The second kappa shape index (κ2) is 8.04. The fourth-order valence-electron chi connectivity index (χ4n) is 3.61. The van der Waals surface area contributed by atoms with E-state index >= 15 is 0 Å². The normalized spacial score (nSPS) is 22.3. The molecule has 2 fully saturated rings. The zero-order chi connectivity index (χ0) is 16.9. The Morgan fingerprint density at radius 2 is 1.72 bits per heavy atom. The van der Waals surface area contributed by atoms with Gasteiger partial charge in [-0.3, -0.25) is 9.80 Å². The molecule has 0 radical (unpaired) electrons. The van der Waals surface area contributed by atoms with E-state index in [1.165, 1.54) is 5.56 Å². The molecule has 0 N–H and O–H groups in total. The van der Waals surface area contributed by atoms with Crippen molar-refractivity contribution in [1.82, 2.24) is 19.8 Å². The van der Waals surface area contributed by atoms with Crippen LogP contribution >= 0.6 is 0 Å². The highest BCUT2D eigenvalue weighted by atomic mass is 16.5. The summed E-state index contributed by atoms with van der Waals surface area (Å²) in [4.78, 5) is 14.2. The summed E-state index contributed by atoms with van der Waals surface area (Å²) < 4.78 is 5.71. The van der Waals surface area contributed by atoms with Crippen molar-refractivity contribution < 1.29 is 4.74 Å². The molecule has 1 unspecified atom stereocenters. The summed E-state index contributed by atoms with van der Waals surface area (Å²) in [5, 5.41) is 0. The Bertz CT molecular complexity index is 664. The van der Waals surface area contributed by atoms with Crippen LogP contribution in [-0.2, 0) is 17.8 Å². The Balaban J connectivity index is 1.29. The van der Waals surface area contributed by atoms with Crippen molar-refractivity contribution in [2.45, 2.75) is 32.0 Å². The fourth-order valence-corrected chi connectivity index (χ4v) is 3.61. The van der Waals surface area contributed by atoms with Crippen molar-refractivity contribution in [2.75, 3.05) is 32.8 Å². The zero-order valence-corrected chi connectivity index (χ0v) is 14.7. The molecule has 1 aromatic carbocycles. The zero-order valence-electron chi connectivity index (χ0n) is 14.7. The molecule has 25 heavy (non-hydrogen) atoms. The van der Waals surface area contributed by atoms with Crippen LogP contribution in [-0.4, -0.2) is 52.6 Å². The van der Waals surface area contributed by atoms with Crippen LogP contribution in [0, 0.1) is 0 Å². The number of nitrogens with zero attached hydrogens (tertiary/aromatic N) is 4. The molecule has 0 spiro atoms. The average molecular weight is 338 g/mol. The van der Waals surface area contributed by atoms with E-state index in [-0.39, 0.29) is 6.10 Å². The first-order valence-electron chi connectivity index (χ1n) is 9.29. The second-order valence-corrected chi connectivity index (χ2v) is 6.95. The summed E-state index contributed by atoms with van der Waals surface area (Å²) in [5.41, 5.74) is 2.50. The van der Waals surface area contributed by atoms with Gasteiger partial charge in [0.25, 0.3) is 0 Å². The van der Waals surface area contributed by atoms with Gasteiger partial charge in [-0.1, -0.05) is 30.3 Å². The van der Waals surface area contributed by atoms with Crippen LogP contribution in [0.5, 0.6) is 0 Å². The van der Waals surface area contributed by atoms with E-state index < -0.39 is 0 Å². The molecule has 2 saturated heterocycles. The van der Waals surface area contributed by atoms with Crippen molar-refractivity contribution in [3.05, 3.63) is 59.7 Å². The van der Waals surface area contributed by atoms with E-state index in [0.29, 0.717) is 0 Å². The number of ether oxygens (including phenoxy) is 1. The van der Waals surface area contributed by atoms with E-state index in [1.807, 2.05) is 12.3 Å². The van der Waals surface area contributed by atoms with Crippen LogP contribution in [0.3, 0.4) is 0 Å². The Morgan fingerprint density at radius 3 is 2.44 bits per heavy atom. The number of benzene rings is 1. The molecule has 1 atom stereocenters. The van der Waals surface area contributed by atoms with Crippen LogP contribution in [0.2, 0.25) is 0 Å². The summed E-state index contributed by atoms with van der Waals surface area (Å²) in [6, 6.07) is 12.8. The van der Waals surface area contributed by atoms with Crippen LogP contribution in [0.15, 0.2) is 42.6 Å². The largest absolute Gasteiger partial charge is 0.370 e. The van der Waals surface area contributed by atoms with E-state index in [9.17, 15) is 0 Å². The standard InChI is InChI=1S/C20H26N4O/c1-2-5-17(6-3-1)15-23-10-12-24(13-11-23)16-18-8-9-21-20(22-18)19-7-4-14-25-19/h1-3,5-6,8-9,19H,4,7,10-16H2. The van der Waals surface area contributed by atoms with Gasteiger partial charge in [0.1, 0.15) is 6.10 Å². The highest BCUT2D eigenvalue weighted by Gasteiger charge is 2.22. The van der Waals surface area contributed by atoms with E-state index in [4.69, 9.17) is 9.72 Å². The summed E-state index contributed by atoms with van der Waals surface area (Å²) in [6.07, 6.45) is 4.14. The minimum absolute atomic E-state index is 0.0997. The maximum Gasteiger partial charge on any atom is 0.157 e. The van der Waals surface area contributed by atoms with Gasteiger partial charge in [0.2, 0.25) is 0 Å². The lowest BCUT2D eigenvalue weighted by atomic mass is 10.2. The number of aromatic nitrogens is 2. The Morgan fingerprint density at radius 1 is 0.960 bits per heavy atom. The number of hydrogen-bond donors (Lipinski definition) is 0. The van der Waals surface area contributed by atoms with Gasteiger partial charge in [-0.05, 0) is 24.5 Å². The average Bonchev–Trinajstić information content (AvgIpc) is 3.19. The van der Waals surface area contributed by atoms with Gasteiger partial charge in [0.05, 0.1) is 5.69 Å². The lowest BCUT2D eigenvalue weighted by molar-refractivity contribution is 0.103. The second-order valence-electron chi connectivity index (χ2n) is 6.95. The molecule has 4 rings (SSSR count). The molecule has 2 aliphatic rings. The van der Waals surface area contributed by atoms with Crippen molar-refractivity contribution in [2.24, 2.45) is 0 Å². The molecule has 132 valence electrons. The van der Waals surface area contributed by atoms with Crippen molar-refractivity contribution in [1.29, 1.82) is 0 Å². The lowest BCUT2D eigenvalue weighted by Gasteiger charge is -2.34. The van der Waals surface area contributed by atoms with Gasteiger partial charge in [0, 0.05) is 52.1 Å². The predicted molar refractivity (Wildman–Crippen MR) is 97.0 cm³/mol. The summed E-state index contributed by atoms with van der Waals surface area (Å²) in [7, 11) is 0. The summed E-state index contributed by atoms with van der Waals surface area (Å²) in [5.74, 6) is 0.859. The molecule has 0 bridgehead atoms. The van der Waals surface area contributed by atoms with E-state index in [1.54, 1.807) is 0 Å². The number of hydrogen-bond acceptors (Lipinski definition) is 5. The van der Waals surface area contributed by atoms with Crippen LogP contribution in [0.1, 0.15) is 36.0 Å². The van der Waals surface area contributed by atoms with Gasteiger partial charge in [0.15, 0.2) is 5.82 Å². The van der Waals surface area contributed by atoms with Crippen LogP contribution in [0.4, 0.5) is 0 Å². The third-order valence-electron chi connectivity index (χ3n) is 5.05. The molecule has 5 heteroatoms. The first kappa shape index (κ1) is 16.6. The maximum absolute atomic E-state index is 5.71. The topological polar surface area (TPSA) is 41.5 Å². The molecular formula is C20H26N4O. The third-order valence-corrected chi connectivity index (χ3v) is 5.05. The van der Waals surface area contributed by atoms with Gasteiger partial charge in [-0.25, -0.2) is 9.97 Å². The SMILES string of the molecule is c1ccc(CN2CCN(Cc3ccnc(C4CCCO4)n3)CC2)cc1. The minimum Gasteiger partial charge on any atom is -0.370 e. The van der Waals surface area contributed by atoms with Crippen molar-refractivity contribution >= 4 is 0 Å². The summed E-state index contributed by atoms with van der Waals surface area (Å²) >= 11 is 0. The van der Waals surface area contributed by atoms with Crippen LogP contribution in [0.25, 0.3) is 0 Å². The Kier molecular flexibility index (Phi) is 5.35. The molecular weight excluding hydrogens is 312 g/mol. The van der Waals surface area contributed by atoms with Gasteiger partial charge in [-0.2, -0.15) is 0 Å². The Labute approximate surface area is 149 Å². The first-order chi connectivity index (χ1) is 12.4. The molecule has 0 amide bonds. The molecule has 0 saturated carbocycles. The van der Waals surface area contributed by atoms with Crippen molar-refractivity contribution in [3.63, 3.8) is 0 Å². The molecule has 3 heterocycles. The number of piperazine rings is 1. The lowest BCUT2D eigenvalue weighted by Crippen LogP contribution is -2.45. The van der Waals surface area contributed by atoms with E-state index in [2.05, 4.69) is 45.1 Å².